The van der Waals surface area contributed by atoms with E-state index >= 15 is 0 Å². The van der Waals surface area contributed by atoms with Gasteiger partial charge in [-0.3, -0.25) is 9.36 Å². The molecule has 0 aliphatic heterocycles. The van der Waals surface area contributed by atoms with Crippen molar-refractivity contribution < 1.29 is 13.2 Å². The second kappa shape index (κ2) is 8.65. The Morgan fingerprint density at radius 2 is 1.70 bits per heavy atom. The van der Waals surface area contributed by atoms with Gasteiger partial charge in [0.1, 0.15) is 5.82 Å². The first-order chi connectivity index (χ1) is 14.1. The Morgan fingerprint density at radius 1 is 1.03 bits per heavy atom. The Morgan fingerprint density at radius 3 is 2.27 bits per heavy atom. The summed E-state index contributed by atoms with van der Waals surface area (Å²) in [6.07, 6.45) is -4.45. The van der Waals surface area contributed by atoms with Crippen LogP contribution in [0, 0.1) is 0 Å². The molecule has 1 heterocycles. The molecule has 5 nitrogen and oxygen atoms in total. The molecule has 0 aliphatic carbocycles. The topological polar surface area (TPSA) is 41.4 Å². The summed E-state index contributed by atoms with van der Waals surface area (Å²) >= 11 is 6.03. The average Bonchev–Trinajstić information content (AvgIpc) is 2.70. The number of nitrogens with zero attached hydrogens (tertiary/aromatic N) is 4. The third-order valence-electron chi connectivity index (χ3n) is 4.82. The summed E-state index contributed by atoms with van der Waals surface area (Å²) in [5.74, 6) is 0.203. The smallest absolute Gasteiger partial charge is 0.373 e. The third kappa shape index (κ3) is 4.60. The van der Waals surface area contributed by atoms with Gasteiger partial charge in [-0.25, -0.2) is 4.98 Å². The van der Waals surface area contributed by atoms with E-state index in [1.165, 1.54) is 16.7 Å². The molecular weight excluding hydrogens is 417 g/mol. The number of likely N-dealkylation sites (N-methyl/N-ethyl adjacent to an activating group) is 2. The van der Waals surface area contributed by atoms with Crippen LogP contribution in [0.5, 0.6) is 0 Å². The molecule has 160 valence electrons. The van der Waals surface area contributed by atoms with E-state index in [1.54, 1.807) is 6.07 Å². The third-order valence-corrected chi connectivity index (χ3v) is 5.06. The SMILES string of the molecule is CN(C)CCN(C)c1ccc2c(=O)n(-c3ccc(C(F)(F)F)cc3)c(CCl)nc2c1. The molecule has 0 fully saturated rings. The summed E-state index contributed by atoms with van der Waals surface area (Å²) in [6.45, 7) is 1.66. The van der Waals surface area contributed by atoms with Gasteiger partial charge in [0.05, 0.1) is 28.0 Å². The molecule has 0 spiro atoms. The first kappa shape index (κ1) is 22.1. The number of hydrogen-bond acceptors (Lipinski definition) is 4. The number of rotatable bonds is 6. The Kier molecular flexibility index (Phi) is 6.38. The fraction of sp³-hybridized carbons (Fsp3) is 0.333. The molecule has 30 heavy (non-hydrogen) atoms. The number of alkyl halides is 4. The zero-order valence-electron chi connectivity index (χ0n) is 16.9. The predicted molar refractivity (Wildman–Crippen MR) is 114 cm³/mol. The van der Waals surface area contributed by atoms with Gasteiger partial charge in [0.25, 0.3) is 5.56 Å². The van der Waals surface area contributed by atoms with Crippen LogP contribution in [0.15, 0.2) is 47.3 Å². The monoisotopic (exact) mass is 438 g/mol. The Labute approximate surface area is 177 Å². The molecular formula is C21H22ClF3N4O. The maximum absolute atomic E-state index is 13.1. The molecule has 0 aliphatic rings. The van der Waals surface area contributed by atoms with E-state index in [0.717, 1.165) is 30.9 Å². The molecule has 3 rings (SSSR count). The molecule has 0 saturated carbocycles. The summed E-state index contributed by atoms with van der Waals surface area (Å²) < 4.78 is 39.8. The Bertz CT molecular complexity index is 1090. The Balaban J connectivity index is 2.06. The molecule has 0 unspecified atom stereocenters. The van der Waals surface area contributed by atoms with Gasteiger partial charge in [-0.15, -0.1) is 11.6 Å². The second-order valence-electron chi connectivity index (χ2n) is 7.27. The second-order valence-corrected chi connectivity index (χ2v) is 7.54. The van der Waals surface area contributed by atoms with Crippen molar-refractivity contribution in [3.63, 3.8) is 0 Å². The molecule has 0 atom stereocenters. The van der Waals surface area contributed by atoms with Crippen LogP contribution in [-0.2, 0) is 12.1 Å². The average molecular weight is 439 g/mol. The quantitative estimate of drug-likeness (QED) is 0.542. The van der Waals surface area contributed by atoms with Gasteiger partial charge in [-0.05, 0) is 56.6 Å². The van der Waals surface area contributed by atoms with E-state index in [0.29, 0.717) is 10.9 Å². The van der Waals surface area contributed by atoms with Gasteiger partial charge in [-0.1, -0.05) is 0 Å². The number of halogens is 4. The fourth-order valence-corrected chi connectivity index (χ4v) is 3.27. The summed E-state index contributed by atoms with van der Waals surface area (Å²) in [6, 6.07) is 9.71. The van der Waals surface area contributed by atoms with Gasteiger partial charge in [0, 0.05) is 25.8 Å². The van der Waals surface area contributed by atoms with Crippen molar-refractivity contribution >= 4 is 28.2 Å². The summed E-state index contributed by atoms with van der Waals surface area (Å²) in [5.41, 5.74) is 0.520. The predicted octanol–water partition coefficient (Wildman–Crippen LogP) is 4.14. The van der Waals surface area contributed by atoms with Gasteiger partial charge >= 0.3 is 6.18 Å². The lowest BCUT2D eigenvalue weighted by atomic mass is 10.1. The van der Waals surface area contributed by atoms with Crippen LogP contribution in [0.3, 0.4) is 0 Å². The molecule has 0 N–H and O–H groups in total. The number of hydrogen-bond donors (Lipinski definition) is 0. The van der Waals surface area contributed by atoms with E-state index in [4.69, 9.17) is 11.6 Å². The van der Waals surface area contributed by atoms with Gasteiger partial charge in [0.2, 0.25) is 0 Å². The van der Waals surface area contributed by atoms with Crippen molar-refractivity contribution in [3.05, 3.63) is 64.2 Å². The van der Waals surface area contributed by atoms with Crippen molar-refractivity contribution in [2.24, 2.45) is 0 Å². The van der Waals surface area contributed by atoms with E-state index in [1.807, 2.05) is 33.3 Å². The number of fused-ring (bicyclic) bond motifs is 1. The maximum Gasteiger partial charge on any atom is 0.416 e. The molecule has 0 saturated heterocycles. The first-order valence-electron chi connectivity index (χ1n) is 9.27. The van der Waals surface area contributed by atoms with Crippen LogP contribution in [0.25, 0.3) is 16.6 Å². The van der Waals surface area contributed by atoms with Crippen molar-refractivity contribution in [1.29, 1.82) is 0 Å². The zero-order chi connectivity index (χ0) is 22.1. The normalized spacial score (nSPS) is 12.0. The van der Waals surface area contributed by atoms with E-state index in [9.17, 15) is 18.0 Å². The minimum atomic E-state index is -4.45. The summed E-state index contributed by atoms with van der Waals surface area (Å²) in [4.78, 5) is 21.8. The van der Waals surface area contributed by atoms with E-state index < -0.39 is 11.7 Å². The molecule has 9 heteroatoms. The van der Waals surface area contributed by atoms with E-state index in [-0.39, 0.29) is 23.0 Å². The molecule has 3 aromatic rings. The molecule has 0 radical (unpaired) electrons. The van der Waals surface area contributed by atoms with Crippen LogP contribution in [0.2, 0.25) is 0 Å². The largest absolute Gasteiger partial charge is 0.416 e. The van der Waals surface area contributed by atoms with Crippen LogP contribution in [-0.4, -0.2) is 48.7 Å². The van der Waals surface area contributed by atoms with Crippen LogP contribution in [0.1, 0.15) is 11.4 Å². The lowest BCUT2D eigenvalue weighted by molar-refractivity contribution is -0.137. The summed E-state index contributed by atoms with van der Waals surface area (Å²) in [7, 11) is 5.94. The molecule has 0 bridgehead atoms. The lowest BCUT2D eigenvalue weighted by Gasteiger charge is -2.22. The lowest BCUT2D eigenvalue weighted by Crippen LogP contribution is -2.28. The highest BCUT2D eigenvalue weighted by atomic mass is 35.5. The Hall–Kier alpha value is -2.58. The zero-order valence-corrected chi connectivity index (χ0v) is 17.6. The highest BCUT2D eigenvalue weighted by molar-refractivity contribution is 6.16. The standard InChI is InChI=1S/C21H22ClF3N4O/c1-27(2)10-11-28(3)16-8-9-17-18(12-16)26-19(13-22)29(20(17)30)15-6-4-14(5-7-15)21(23,24)25/h4-9,12H,10-11,13H2,1-3H3. The van der Waals surface area contributed by atoms with Crippen LogP contribution < -0.4 is 10.5 Å². The van der Waals surface area contributed by atoms with Gasteiger partial charge in [-0.2, -0.15) is 13.2 Å². The number of anilines is 1. The maximum atomic E-state index is 13.1. The van der Waals surface area contributed by atoms with Crippen molar-refractivity contribution in [3.8, 4) is 5.69 Å². The minimum Gasteiger partial charge on any atom is -0.373 e. The van der Waals surface area contributed by atoms with Crippen LogP contribution >= 0.6 is 11.6 Å². The summed E-state index contributed by atoms with van der Waals surface area (Å²) in [5, 5.41) is 0.369. The molecule has 0 amide bonds. The van der Waals surface area contributed by atoms with Crippen molar-refractivity contribution in [2.75, 3.05) is 39.1 Å². The molecule has 1 aromatic heterocycles. The minimum absolute atomic E-state index is 0.0626. The fourth-order valence-electron chi connectivity index (χ4n) is 3.09. The van der Waals surface area contributed by atoms with E-state index in [2.05, 4.69) is 14.8 Å². The van der Waals surface area contributed by atoms with Crippen molar-refractivity contribution in [1.82, 2.24) is 14.5 Å². The molecule has 2 aromatic carbocycles. The highest BCUT2D eigenvalue weighted by Gasteiger charge is 2.30. The van der Waals surface area contributed by atoms with Crippen molar-refractivity contribution in [2.45, 2.75) is 12.1 Å². The first-order valence-corrected chi connectivity index (χ1v) is 9.80. The number of aromatic nitrogens is 2. The van der Waals surface area contributed by atoms with Gasteiger partial charge in [0.15, 0.2) is 0 Å². The number of benzene rings is 2. The highest BCUT2D eigenvalue weighted by Crippen LogP contribution is 2.29. The van der Waals surface area contributed by atoms with Crippen LogP contribution in [0.4, 0.5) is 18.9 Å². The van der Waals surface area contributed by atoms with Gasteiger partial charge < -0.3 is 9.80 Å².